The molecule has 5 nitrogen and oxygen atoms in total. The van der Waals surface area contributed by atoms with E-state index in [1.807, 2.05) is 6.07 Å². The van der Waals surface area contributed by atoms with Gasteiger partial charge in [-0.15, -0.1) is 0 Å². The van der Waals surface area contributed by atoms with Crippen molar-refractivity contribution in [2.75, 3.05) is 6.61 Å². The maximum atomic E-state index is 13.8. The van der Waals surface area contributed by atoms with Crippen LogP contribution in [-0.4, -0.2) is 39.3 Å². The summed E-state index contributed by atoms with van der Waals surface area (Å²) >= 11 is 0. The van der Waals surface area contributed by atoms with Crippen molar-refractivity contribution in [3.63, 3.8) is 0 Å². The zero-order valence-corrected chi connectivity index (χ0v) is 16.8. The number of aliphatic hydroxyl groups is 3. The van der Waals surface area contributed by atoms with E-state index in [-0.39, 0.29) is 11.7 Å². The van der Waals surface area contributed by atoms with Crippen LogP contribution in [0.1, 0.15) is 74.8 Å². The molecule has 0 radical (unpaired) electrons. The third-order valence-corrected chi connectivity index (χ3v) is 6.71. The van der Waals surface area contributed by atoms with Gasteiger partial charge in [0.05, 0.1) is 6.61 Å². The molecule has 2 fully saturated rings. The lowest BCUT2D eigenvalue weighted by Crippen LogP contribution is -2.49. The normalized spacial score (nSPS) is 22.9. The average Bonchev–Trinajstić information content (AvgIpc) is 3.38. The van der Waals surface area contributed by atoms with Crippen LogP contribution in [0.3, 0.4) is 0 Å². The molecule has 0 aliphatic heterocycles. The SMILES string of the molecule is O=C(CCO)C(O)(O)C(=O)C1CCC(CCc2ccc(F)cc2C2CCCC2)C1. The zero-order chi connectivity index (χ0) is 21.0. The van der Waals surface area contributed by atoms with E-state index in [4.69, 9.17) is 5.11 Å². The number of carbonyl (C=O) groups is 2. The molecule has 29 heavy (non-hydrogen) atoms. The highest BCUT2D eigenvalue weighted by Gasteiger charge is 2.46. The van der Waals surface area contributed by atoms with E-state index in [2.05, 4.69) is 0 Å². The van der Waals surface area contributed by atoms with Crippen LogP contribution in [0.25, 0.3) is 0 Å². The van der Waals surface area contributed by atoms with Crippen molar-refractivity contribution in [1.29, 1.82) is 0 Å². The number of ketones is 2. The van der Waals surface area contributed by atoms with Gasteiger partial charge in [0.25, 0.3) is 5.79 Å². The van der Waals surface area contributed by atoms with Crippen LogP contribution in [0.5, 0.6) is 0 Å². The highest BCUT2D eigenvalue weighted by molar-refractivity contribution is 6.09. The summed E-state index contributed by atoms with van der Waals surface area (Å²) in [6.07, 6.45) is 7.63. The molecule has 2 saturated carbocycles. The molecular formula is C23H31FO5. The Labute approximate surface area is 170 Å². The number of benzene rings is 1. The van der Waals surface area contributed by atoms with Crippen LogP contribution in [0.4, 0.5) is 4.39 Å². The molecule has 2 unspecified atom stereocenters. The lowest BCUT2D eigenvalue weighted by Gasteiger charge is -2.22. The van der Waals surface area contributed by atoms with Crippen molar-refractivity contribution in [1.82, 2.24) is 0 Å². The van der Waals surface area contributed by atoms with Gasteiger partial charge in [-0.05, 0) is 80.0 Å². The molecule has 2 aliphatic rings. The molecule has 0 amide bonds. The summed E-state index contributed by atoms with van der Waals surface area (Å²) in [6.45, 7) is -0.525. The first-order valence-electron chi connectivity index (χ1n) is 10.7. The third-order valence-electron chi connectivity index (χ3n) is 6.71. The maximum absolute atomic E-state index is 13.8. The first kappa shape index (κ1) is 22.1. The Morgan fingerprint density at radius 2 is 1.83 bits per heavy atom. The summed E-state index contributed by atoms with van der Waals surface area (Å²) in [5.74, 6) is -4.98. The fourth-order valence-electron chi connectivity index (χ4n) is 5.04. The van der Waals surface area contributed by atoms with Gasteiger partial charge in [0.15, 0.2) is 0 Å². The van der Waals surface area contributed by atoms with Gasteiger partial charge in [-0.2, -0.15) is 0 Å². The number of aliphatic hydroxyl groups excluding tert-OH is 1. The number of carbonyl (C=O) groups excluding carboxylic acids is 2. The van der Waals surface area contributed by atoms with Gasteiger partial charge in [-0.1, -0.05) is 18.9 Å². The summed E-state index contributed by atoms with van der Waals surface area (Å²) < 4.78 is 13.8. The Morgan fingerprint density at radius 1 is 1.10 bits per heavy atom. The number of Topliss-reactive ketones (excluding diaryl/α,β-unsaturated/α-hetero) is 2. The average molecular weight is 406 g/mol. The zero-order valence-electron chi connectivity index (χ0n) is 16.8. The van der Waals surface area contributed by atoms with E-state index < -0.39 is 36.3 Å². The van der Waals surface area contributed by atoms with Gasteiger partial charge in [-0.25, -0.2) is 4.39 Å². The Morgan fingerprint density at radius 3 is 2.52 bits per heavy atom. The van der Waals surface area contributed by atoms with Gasteiger partial charge in [0.2, 0.25) is 11.6 Å². The smallest absolute Gasteiger partial charge is 0.285 e. The number of hydrogen-bond acceptors (Lipinski definition) is 5. The lowest BCUT2D eigenvalue weighted by molar-refractivity contribution is -0.192. The molecule has 2 aliphatic carbocycles. The van der Waals surface area contributed by atoms with Crippen LogP contribution >= 0.6 is 0 Å². The van der Waals surface area contributed by atoms with E-state index in [0.717, 1.165) is 37.7 Å². The first-order chi connectivity index (χ1) is 13.8. The summed E-state index contributed by atoms with van der Waals surface area (Å²) in [6, 6.07) is 5.05. The van der Waals surface area contributed by atoms with E-state index in [1.54, 1.807) is 6.07 Å². The van der Waals surface area contributed by atoms with E-state index in [1.165, 1.54) is 24.5 Å². The van der Waals surface area contributed by atoms with Gasteiger partial charge in [0, 0.05) is 12.3 Å². The van der Waals surface area contributed by atoms with Gasteiger partial charge in [-0.3, -0.25) is 9.59 Å². The molecule has 6 heteroatoms. The second kappa shape index (κ2) is 9.45. The van der Waals surface area contributed by atoms with Gasteiger partial charge in [0.1, 0.15) is 5.82 Å². The van der Waals surface area contributed by atoms with E-state index >= 15 is 0 Å². The molecule has 0 aromatic heterocycles. The van der Waals surface area contributed by atoms with Crippen molar-refractivity contribution in [3.05, 3.63) is 35.1 Å². The van der Waals surface area contributed by atoms with Crippen molar-refractivity contribution in [2.45, 2.75) is 75.9 Å². The third kappa shape index (κ3) is 5.11. The number of aryl methyl sites for hydroxylation is 1. The van der Waals surface area contributed by atoms with Crippen LogP contribution in [0, 0.1) is 17.7 Å². The van der Waals surface area contributed by atoms with Crippen LogP contribution in [-0.2, 0) is 16.0 Å². The van der Waals surface area contributed by atoms with Crippen molar-refractivity contribution in [3.8, 4) is 0 Å². The number of halogens is 1. The fourth-order valence-corrected chi connectivity index (χ4v) is 5.04. The van der Waals surface area contributed by atoms with Crippen molar-refractivity contribution >= 4 is 11.6 Å². The summed E-state index contributed by atoms with van der Waals surface area (Å²) in [4.78, 5) is 24.2. The Balaban J connectivity index is 1.58. The summed E-state index contributed by atoms with van der Waals surface area (Å²) in [7, 11) is 0. The van der Waals surface area contributed by atoms with Crippen molar-refractivity contribution in [2.24, 2.45) is 11.8 Å². The van der Waals surface area contributed by atoms with Gasteiger partial charge < -0.3 is 15.3 Å². The standard InChI is InChI=1S/C23H31FO5/c24-19-10-9-17(20(14-19)16-3-1-2-4-16)7-5-15-6-8-18(13-15)22(27)23(28,29)21(26)11-12-25/h9-10,14-16,18,25,28-29H,1-8,11-13H2. The topological polar surface area (TPSA) is 94.8 Å². The monoisotopic (exact) mass is 406 g/mol. The highest BCUT2D eigenvalue weighted by Crippen LogP contribution is 2.39. The number of hydrogen-bond donors (Lipinski definition) is 3. The number of rotatable bonds is 9. The molecule has 1 aromatic rings. The van der Waals surface area contributed by atoms with Crippen LogP contribution in [0.15, 0.2) is 18.2 Å². The molecule has 0 bridgehead atoms. The second-order valence-electron chi connectivity index (χ2n) is 8.67. The lowest BCUT2D eigenvalue weighted by atomic mass is 9.87. The van der Waals surface area contributed by atoms with E-state index in [0.29, 0.717) is 18.8 Å². The molecule has 2 atom stereocenters. The minimum atomic E-state index is -3.01. The molecule has 160 valence electrons. The Hall–Kier alpha value is -1.63. The van der Waals surface area contributed by atoms with Gasteiger partial charge >= 0.3 is 0 Å². The van der Waals surface area contributed by atoms with E-state index in [9.17, 15) is 24.2 Å². The molecule has 0 saturated heterocycles. The molecule has 0 heterocycles. The quantitative estimate of drug-likeness (QED) is 0.433. The molecule has 3 N–H and O–H groups in total. The fraction of sp³-hybridized carbons (Fsp3) is 0.652. The van der Waals surface area contributed by atoms with Crippen LogP contribution < -0.4 is 0 Å². The summed E-state index contributed by atoms with van der Waals surface area (Å²) in [5.41, 5.74) is 2.29. The first-order valence-corrected chi connectivity index (χ1v) is 10.7. The molecule has 1 aromatic carbocycles. The molecule has 3 rings (SSSR count). The Kier molecular flexibility index (Phi) is 7.19. The minimum absolute atomic E-state index is 0.197. The predicted octanol–water partition coefficient (Wildman–Crippen LogP) is 3.03. The summed E-state index contributed by atoms with van der Waals surface area (Å²) in [5, 5.41) is 28.7. The predicted molar refractivity (Wildman–Crippen MR) is 106 cm³/mol. The highest BCUT2D eigenvalue weighted by atomic mass is 19.1. The second-order valence-corrected chi connectivity index (χ2v) is 8.67. The van der Waals surface area contributed by atoms with Crippen LogP contribution in [0.2, 0.25) is 0 Å². The molecule has 0 spiro atoms. The Bertz CT molecular complexity index is 739. The minimum Gasteiger partial charge on any atom is -0.396 e. The maximum Gasteiger partial charge on any atom is 0.285 e. The van der Waals surface area contributed by atoms with Crippen molar-refractivity contribution < 1.29 is 29.3 Å². The largest absolute Gasteiger partial charge is 0.396 e. The molecular weight excluding hydrogens is 375 g/mol.